The van der Waals surface area contributed by atoms with E-state index in [1.807, 2.05) is 6.92 Å². The third kappa shape index (κ3) is 3.80. The Morgan fingerprint density at radius 1 is 1.12 bits per heavy atom. The van der Waals surface area contributed by atoms with E-state index >= 15 is 0 Å². The first-order chi connectivity index (χ1) is 12.5. The number of rotatable bonds is 2. The minimum Gasteiger partial charge on any atom is -0.392 e. The van der Waals surface area contributed by atoms with Crippen LogP contribution in [0.4, 0.5) is 11.8 Å². The van der Waals surface area contributed by atoms with Gasteiger partial charge in [-0.2, -0.15) is 4.98 Å². The fraction of sp³-hybridized carbons (Fsp3) is 0.789. The monoisotopic (exact) mass is 361 g/mol. The smallest absolute Gasteiger partial charge is 0.227 e. The summed E-state index contributed by atoms with van der Waals surface area (Å²) in [5, 5.41) is 10.2. The zero-order valence-corrected chi connectivity index (χ0v) is 16.0. The Kier molecular flexibility index (Phi) is 5.03. The van der Waals surface area contributed by atoms with E-state index in [4.69, 9.17) is 9.72 Å². The highest BCUT2D eigenvalue weighted by molar-refractivity contribution is 5.46. The lowest BCUT2D eigenvalue weighted by molar-refractivity contribution is -0.0112. The lowest BCUT2D eigenvalue weighted by atomic mass is 9.72. The van der Waals surface area contributed by atoms with Crippen molar-refractivity contribution in [2.45, 2.75) is 32.3 Å². The van der Waals surface area contributed by atoms with Gasteiger partial charge in [0.2, 0.25) is 5.95 Å². The van der Waals surface area contributed by atoms with E-state index in [0.717, 1.165) is 89.2 Å². The predicted octanol–water partition coefficient (Wildman–Crippen LogP) is 0.905. The van der Waals surface area contributed by atoms with Gasteiger partial charge in [0.25, 0.3) is 0 Å². The molecule has 1 unspecified atom stereocenters. The average molecular weight is 361 g/mol. The summed E-state index contributed by atoms with van der Waals surface area (Å²) in [5.74, 6) is 1.87. The summed E-state index contributed by atoms with van der Waals surface area (Å²) in [6.07, 6.45) is 2.98. The number of anilines is 2. The standard InChI is InChI=1S/C19H31N5O2/c1-15-11-17(21-18(20-15)24-7-9-26-10-8-24)23-5-3-19(4-6-23)12-16(25)13-22(2)14-19/h11,16,25H,3-10,12-14H2,1-2H3. The Bertz CT molecular complexity index is 614. The van der Waals surface area contributed by atoms with Gasteiger partial charge in [0.1, 0.15) is 5.82 Å². The predicted molar refractivity (Wildman–Crippen MR) is 102 cm³/mol. The number of aromatic nitrogens is 2. The van der Waals surface area contributed by atoms with Crippen LogP contribution >= 0.6 is 0 Å². The first-order valence-corrected chi connectivity index (χ1v) is 9.83. The number of aliphatic hydroxyl groups is 1. The van der Waals surface area contributed by atoms with E-state index in [0.29, 0.717) is 0 Å². The molecule has 0 aromatic carbocycles. The average Bonchev–Trinajstić information content (AvgIpc) is 2.61. The van der Waals surface area contributed by atoms with Crippen LogP contribution in [0.3, 0.4) is 0 Å². The highest BCUT2D eigenvalue weighted by Gasteiger charge is 2.40. The van der Waals surface area contributed by atoms with Crippen molar-refractivity contribution >= 4 is 11.8 Å². The molecule has 0 radical (unpaired) electrons. The van der Waals surface area contributed by atoms with Crippen LogP contribution in [0.1, 0.15) is 25.0 Å². The maximum atomic E-state index is 10.2. The zero-order valence-electron chi connectivity index (χ0n) is 16.0. The number of aliphatic hydroxyl groups excluding tert-OH is 1. The van der Waals surface area contributed by atoms with Crippen molar-refractivity contribution < 1.29 is 9.84 Å². The Morgan fingerprint density at radius 3 is 2.54 bits per heavy atom. The van der Waals surface area contributed by atoms with Gasteiger partial charge in [0.15, 0.2) is 0 Å². The fourth-order valence-electron chi connectivity index (χ4n) is 4.80. The zero-order chi connectivity index (χ0) is 18.1. The topological polar surface area (TPSA) is 65.0 Å². The summed E-state index contributed by atoms with van der Waals surface area (Å²) in [5.41, 5.74) is 1.28. The van der Waals surface area contributed by atoms with E-state index in [2.05, 4.69) is 32.8 Å². The summed E-state index contributed by atoms with van der Waals surface area (Å²) in [4.78, 5) is 16.4. The Labute approximate surface area is 156 Å². The summed E-state index contributed by atoms with van der Waals surface area (Å²) in [6, 6.07) is 2.10. The maximum Gasteiger partial charge on any atom is 0.227 e. The van der Waals surface area contributed by atoms with Crippen molar-refractivity contribution in [1.29, 1.82) is 0 Å². The van der Waals surface area contributed by atoms with Crippen molar-refractivity contribution in [3.8, 4) is 0 Å². The Balaban J connectivity index is 1.46. The number of hydrogen-bond acceptors (Lipinski definition) is 7. The second-order valence-electron chi connectivity index (χ2n) is 8.31. The second kappa shape index (κ2) is 7.29. The van der Waals surface area contributed by atoms with Crippen molar-refractivity contribution in [3.05, 3.63) is 11.8 Å². The van der Waals surface area contributed by atoms with Gasteiger partial charge in [-0.25, -0.2) is 4.98 Å². The summed E-state index contributed by atoms with van der Waals surface area (Å²) in [6.45, 7) is 9.15. The van der Waals surface area contributed by atoms with E-state index < -0.39 is 0 Å². The van der Waals surface area contributed by atoms with Gasteiger partial charge in [-0.3, -0.25) is 0 Å². The molecule has 1 atom stereocenters. The molecule has 1 aromatic heterocycles. The number of ether oxygens (including phenoxy) is 1. The number of likely N-dealkylation sites (tertiary alicyclic amines) is 1. The van der Waals surface area contributed by atoms with Crippen LogP contribution in [0.25, 0.3) is 0 Å². The minimum atomic E-state index is -0.186. The highest BCUT2D eigenvalue weighted by atomic mass is 16.5. The summed E-state index contributed by atoms with van der Waals surface area (Å²) in [7, 11) is 2.12. The van der Waals surface area contributed by atoms with E-state index in [1.54, 1.807) is 0 Å². The van der Waals surface area contributed by atoms with Crippen molar-refractivity contribution in [2.24, 2.45) is 5.41 Å². The minimum absolute atomic E-state index is 0.186. The van der Waals surface area contributed by atoms with E-state index in [9.17, 15) is 5.11 Å². The molecule has 7 nitrogen and oxygen atoms in total. The number of morpholine rings is 1. The lowest BCUT2D eigenvalue weighted by Gasteiger charge is -2.48. The van der Waals surface area contributed by atoms with Gasteiger partial charge >= 0.3 is 0 Å². The first-order valence-electron chi connectivity index (χ1n) is 9.83. The highest BCUT2D eigenvalue weighted by Crippen LogP contribution is 2.40. The van der Waals surface area contributed by atoms with Crippen LogP contribution in [0.2, 0.25) is 0 Å². The molecule has 0 saturated carbocycles. The van der Waals surface area contributed by atoms with Gasteiger partial charge < -0.3 is 24.5 Å². The SMILES string of the molecule is Cc1cc(N2CCC3(CC2)CC(O)CN(C)C3)nc(N2CCOCC2)n1. The molecule has 3 aliphatic rings. The number of aryl methyl sites for hydroxylation is 1. The molecule has 3 aliphatic heterocycles. The third-order valence-electron chi connectivity index (χ3n) is 6.07. The van der Waals surface area contributed by atoms with Crippen LogP contribution in [0, 0.1) is 12.3 Å². The largest absolute Gasteiger partial charge is 0.392 e. The van der Waals surface area contributed by atoms with Crippen molar-refractivity contribution in [3.63, 3.8) is 0 Å². The van der Waals surface area contributed by atoms with Gasteiger partial charge in [0.05, 0.1) is 19.3 Å². The van der Waals surface area contributed by atoms with Crippen LogP contribution in [0.5, 0.6) is 0 Å². The molecular formula is C19H31N5O2. The van der Waals surface area contributed by atoms with Crippen LogP contribution < -0.4 is 9.80 Å². The molecule has 3 fully saturated rings. The number of β-amino-alcohol motifs (C(OH)–C–C–N with tert-alkyl or cyclic N) is 1. The van der Waals surface area contributed by atoms with Crippen LogP contribution in [0.15, 0.2) is 6.07 Å². The molecule has 0 bridgehead atoms. The maximum absolute atomic E-state index is 10.2. The molecule has 3 saturated heterocycles. The van der Waals surface area contributed by atoms with Gasteiger partial charge in [-0.15, -0.1) is 0 Å². The lowest BCUT2D eigenvalue weighted by Crippen LogP contribution is -2.52. The van der Waals surface area contributed by atoms with Crippen LogP contribution in [-0.4, -0.2) is 85.6 Å². The van der Waals surface area contributed by atoms with Crippen molar-refractivity contribution in [2.75, 3.05) is 69.3 Å². The Hall–Kier alpha value is -1.44. The molecule has 144 valence electrons. The molecule has 26 heavy (non-hydrogen) atoms. The Morgan fingerprint density at radius 2 is 1.85 bits per heavy atom. The van der Waals surface area contributed by atoms with E-state index in [-0.39, 0.29) is 11.5 Å². The molecule has 7 heteroatoms. The first kappa shape index (κ1) is 17.9. The molecule has 4 rings (SSSR count). The number of piperidine rings is 2. The molecule has 0 amide bonds. The molecular weight excluding hydrogens is 330 g/mol. The second-order valence-corrected chi connectivity index (χ2v) is 8.31. The molecule has 4 heterocycles. The fourth-order valence-corrected chi connectivity index (χ4v) is 4.80. The van der Waals surface area contributed by atoms with Crippen LogP contribution in [-0.2, 0) is 4.74 Å². The van der Waals surface area contributed by atoms with Gasteiger partial charge in [-0.1, -0.05) is 0 Å². The summed E-state index contributed by atoms with van der Waals surface area (Å²) >= 11 is 0. The summed E-state index contributed by atoms with van der Waals surface area (Å²) < 4.78 is 5.45. The number of nitrogens with zero attached hydrogens (tertiary/aromatic N) is 5. The molecule has 0 aliphatic carbocycles. The molecule has 1 spiro atoms. The normalized spacial score (nSPS) is 27.1. The van der Waals surface area contributed by atoms with Gasteiger partial charge in [-0.05, 0) is 38.6 Å². The number of likely N-dealkylation sites (N-methyl/N-ethyl adjacent to an activating group) is 1. The van der Waals surface area contributed by atoms with Crippen molar-refractivity contribution in [1.82, 2.24) is 14.9 Å². The van der Waals surface area contributed by atoms with E-state index in [1.165, 1.54) is 0 Å². The molecule has 1 aromatic rings. The molecule has 1 N–H and O–H groups in total. The van der Waals surface area contributed by atoms with Gasteiger partial charge in [0, 0.05) is 51.0 Å². The number of hydrogen-bond donors (Lipinski definition) is 1. The quantitative estimate of drug-likeness (QED) is 0.840. The third-order valence-corrected chi connectivity index (χ3v) is 6.07.